The van der Waals surface area contributed by atoms with Gasteiger partial charge >= 0.3 is 0 Å². The van der Waals surface area contributed by atoms with Gasteiger partial charge in [-0.25, -0.2) is 4.98 Å². The highest BCUT2D eigenvalue weighted by molar-refractivity contribution is 5.60. The highest BCUT2D eigenvalue weighted by Crippen LogP contribution is 2.21. The number of hydrogen-bond donors (Lipinski definition) is 2. The van der Waals surface area contributed by atoms with Crippen LogP contribution in [0.5, 0.6) is 5.75 Å². The van der Waals surface area contributed by atoms with Gasteiger partial charge in [0, 0.05) is 24.0 Å². The van der Waals surface area contributed by atoms with Crippen molar-refractivity contribution in [3.8, 4) is 5.75 Å². The third-order valence-electron chi connectivity index (χ3n) is 3.95. The molecule has 0 radical (unpaired) electrons. The first-order valence-corrected chi connectivity index (χ1v) is 8.19. The number of nitrogens with one attached hydrogen (secondary N) is 2. The van der Waals surface area contributed by atoms with E-state index in [0.717, 1.165) is 28.4 Å². The maximum atomic E-state index is 5.38. The minimum absolute atomic E-state index is 0.568. The third kappa shape index (κ3) is 4.26. The number of ether oxygens (including phenoxy) is 1. The minimum atomic E-state index is 0.568. The topological polar surface area (TPSA) is 59.1 Å². The van der Waals surface area contributed by atoms with Gasteiger partial charge in [-0.1, -0.05) is 30.3 Å². The van der Waals surface area contributed by atoms with Gasteiger partial charge in [0.2, 0.25) is 5.95 Å². The van der Waals surface area contributed by atoms with E-state index < -0.39 is 0 Å². The minimum Gasteiger partial charge on any atom is -0.496 e. The van der Waals surface area contributed by atoms with E-state index in [0.29, 0.717) is 12.5 Å². The molecular formula is C20H22N4O. The van der Waals surface area contributed by atoms with Crippen LogP contribution in [0.25, 0.3) is 0 Å². The lowest BCUT2D eigenvalue weighted by atomic mass is 10.1. The van der Waals surface area contributed by atoms with Gasteiger partial charge in [-0.05, 0) is 43.2 Å². The van der Waals surface area contributed by atoms with Crippen LogP contribution in [0.4, 0.5) is 17.5 Å². The van der Waals surface area contributed by atoms with Crippen LogP contribution in [-0.2, 0) is 6.54 Å². The molecule has 0 saturated heterocycles. The fraction of sp³-hybridized carbons (Fsp3) is 0.200. The molecule has 5 nitrogen and oxygen atoms in total. The summed E-state index contributed by atoms with van der Waals surface area (Å²) >= 11 is 0. The first-order valence-electron chi connectivity index (χ1n) is 8.19. The number of aromatic nitrogens is 2. The molecule has 3 rings (SSSR count). The maximum Gasteiger partial charge on any atom is 0.229 e. The summed E-state index contributed by atoms with van der Waals surface area (Å²) in [4.78, 5) is 8.84. The Balaban J connectivity index is 1.72. The summed E-state index contributed by atoms with van der Waals surface area (Å²) in [5.74, 6) is 2.19. The fourth-order valence-corrected chi connectivity index (χ4v) is 2.54. The number of anilines is 3. The lowest BCUT2D eigenvalue weighted by molar-refractivity contribution is 0.410. The monoisotopic (exact) mass is 334 g/mol. The number of para-hydroxylation sites is 1. The van der Waals surface area contributed by atoms with Gasteiger partial charge < -0.3 is 15.4 Å². The Kier molecular flexibility index (Phi) is 5.14. The molecule has 0 amide bonds. The predicted molar refractivity (Wildman–Crippen MR) is 102 cm³/mol. The maximum absolute atomic E-state index is 5.38. The number of methoxy groups -OCH3 is 1. The number of benzene rings is 2. The molecule has 0 bridgehead atoms. The molecule has 0 aliphatic heterocycles. The smallest absolute Gasteiger partial charge is 0.229 e. The summed E-state index contributed by atoms with van der Waals surface area (Å²) in [6.45, 7) is 4.76. The van der Waals surface area contributed by atoms with Gasteiger partial charge in [-0.2, -0.15) is 4.98 Å². The molecule has 0 aliphatic rings. The van der Waals surface area contributed by atoms with Crippen LogP contribution in [0, 0.1) is 13.8 Å². The van der Waals surface area contributed by atoms with Crippen LogP contribution in [0.2, 0.25) is 0 Å². The lowest BCUT2D eigenvalue weighted by Crippen LogP contribution is -2.05. The molecule has 0 aliphatic carbocycles. The van der Waals surface area contributed by atoms with Crippen LogP contribution in [-0.4, -0.2) is 17.1 Å². The molecule has 128 valence electrons. The van der Waals surface area contributed by atoms with E-state index in [4.69, 9.17) is 4.74 Å². The van der Waals surface area contributed by atoms with Gasteiger partial charge in [0.05, 0.1) is 7.11 Å². The quantitative estimate of drug-likeness (QED) is 0.697. The van der Waals surface area contributed by atoms with E-state index in [2.05, 4.69) is 52.6 Å². The van der Waals surface area contributed by atoms with E-state index in [-0.39, 0.29) is 0 Å². The average Bonchev–Trinajstić information content (AvgIpc) is 2.63. The van der Waals surface area contributed by atoms with Crippen LogP contribution in [0.15, 0.2) is 54.7 Å². The fourth-order valence-electron chi connectivity index (χ4n) is 2.54. The van der Waals surface area contributed by atoms with Crippen molar-refractivity contribution in [2.24, 2.45) is 0 Å². The molecule has 2 aromatic carbocycles. The summed E-state index contributed by atoms with van der Waals surface area (Å²) < 4.78 is 5.38. The Hall–Kier alpha value is -3.08. The van der Waals surface area contributed by atoms with Crippen molar-refractivity contribution in [3.05, 3.63) is 71.4 Å². The molecule has 25 heavy (non-hydrogen) atoms. The molecule has 0 unspecified atom stereocenters. The van der Waals surface area contributed by atoms with Crippen molar-refractivity contribution in [2.45, 2.75) is 20.4 Å². The zero-order valence-electron chi connectivity index (χ0n) is 14.7. The summed E-state index contributed by atoms with van der Waals surface area (Å²) in [6, 6.07) is 16.0. The van der Waals surface area contributed by atoms with Gasteiger partial charge in [0.25, 0.3) is 0 Å². The Labute approximate surface area is 148 Å². The highest BCUT2D eigenvalue weighted by atomic mass is 16.5. The van der Waals surface area contributed by atoms with Gasteiger partial charge in [0.15, 0.2) is 0 Å². The SMILES string of the molecule is COc1ccccc1CNc1ccnc(Nc2cc(C)ccc2C)n1. The molecule has 5 heteroatoms. The second-order valence-corrected chi connectivity index (χ2v) is 5.87. The van der Waals surface area contributed by atoms with Crippen LogP contribution < -0.4 is 15.4 Å². The molecule has 0 fully saturated rings. The molecule has 1 heterocycles. The van der Waals surface area contributed by atoms with Crippen molar-refractivity contribution in [1.82, 2.24) is 9.97 Å². The standard InChI is InChI=1S/C20H22N4O/c1-14-8-9-15(2)17(12-14)23-20-21-11-10-19(24-20)22-13-16-6-4-5-7-18(16)25-3/h4-12H,13H2,1-3H3,(H2,21,22,23,24). The van der Waals surface area contributed by atoms with Crippen LogP contribution in [0.1, 0.15) is 16.7 Å². The Morgan fingerprint density at radius 1 is 1.04 bits per heavy atom. The Bertz CT molecular complexity index is 864. The predicted octanol–water partition coefficient (Wildman–Crippen LogP) is 4.46. The van der Waals surface area contributed by atoms with Crippen molar-refractivity contribution >= 4 is 17.5 Å². The zero-order valence-corrected chi connectivity index (χ0v) is 14.7. The molecule has 3 aromatic rings. The normalized spacial score (nSPS) is 10.4. The molecule has 1 aromatic heterocycles. The van der Waals surface area contributed by atoms with Gasteiger partial charge in [-0.15, -0.1) is 0 Å². The van der Waals surface area contributed by atoms with Gasteiger partial charge in [0.1, 0.15) is 11.6 Å². The number of hydrogen-bond acceptors (Lipinski definition) is 5. The van der Waals surface area contributed by atoms with Crippen molar-refractivity contribution in [2.75, 3.05) is 17.7 Å². The second kappa shape index (κ2) is 7.66. The van der Waals surface area contributed by atoms with Crippen molar-refractivity contribution in [3.63, 3.8) is 0 Å². The lowest BCUT2D eigenvalue weighted by Gasteiger charge is -2.12. The Morgan fingerprint density at radius 3 is 2.72 bits per heavy atom. The Morgan fingerprint density at radius 2 is 1.88 bits per heavy atom. The van der Waals surface area contributed by atoms with Crippen molar-refractivity contribution in [1.29, 1.82) is 0 Å². The van der Waals surface area contributed by atoms with E-state index in [1.54, 1.807) is 13.3 Å². The first-order chi connectivity index (χ1) is 12.2. The average molecular weight is 334 g/mol. The number of nitrogens with zero attached hydrogens (tertiary/aromatic N) is 2. The van der Waals surface area contributed by atoms with Crippen molar-refractivity contribution < 1.29 is 4.74 Å². The molecule has 0 saturated carbocycles. The number of rotatable bonds is 6. The summed E-state index contributed by atoms with van der Waals surface area (Å²) in [5.41, 5.74) is 4.44. The third-order valence-corrected chi connectivity index (χ3v) is 3.95. The molecule has 2 N–H and O–H groups in total. The molecule has 0 spiro atoms. The van der Waals surface area contributed by atoms with E-state index in [1.807, 2.05) is 30.3 Å². The van der Waals surface area contributed by atoms with Crippen LogP contribution in [0.3, 0.4) is 0 Å². The summed E-state index contributed by atoms with van der Waals surface area (Å²) in [5, 5.41) is 6.60. The molecule has 0 atom stereocenters. The zero-order chi connectivity index (χ0) is 17.6. The van der Waals surface area contributed by atoms with Gasteiger partial charge in [-0.3, -0.25) is 0 Å². The summed E-state index contributed by atoms with van der Waals surface area (Å²) in [7, 11) is 1.68. The largest absolute Gasteiger partial charge is 0.496 e. The molecular weight excluding hydrogens is 312 g/mol. The van der Waals surface area contributed by atoms with E-state index in [1.165, 1.54) is 5.56 Å². The second-order valence-electron chi connectivity index (χ2n) is 5.87. The summed E-state index contributed by atoms with van der Waals surface area (Å²) in [6.07, 6.45) is 1.74. The highest BCUT2D eigenvalue weighted by Gasteiger charge is 2.05. The first kappa shape index (κ1) is 16.8. The number of aryl methyl sites for hydroxylation is 2. The van der Waals surface area contributed by atoms with E-state index >= 15 is 0 Å². The van der Waals surface area contributed by atoms with E-state index in [9.17, 15) is 0 Å². The van der Waals surface area contributed by atoms with Crippen LogP contribution >= 0.6 is 0 Å².